The molecule has 2 fully saturated rings. The molecule has 1 aliphatic heterocycles. The number of likely N-dealkylation sites (N-methyl/N-ethyl adjacent to an activating group) is 1. The molecule has 1 aliphatic carbocycles. The second-order valence-electron chi connectivity index (χ2n) is 3.02. The molecule has 40 valence electrons. The smallest absolute Gasteiger partial charge is 0.0338 e. The van der Waals surface area contributed by atoms with Gasteiger partial charge in [-0.25, -0.2) is 0 Å². The lowest BCUT2D eigenvalue weighted by atomic mass is 9.87. The van der Waals surface area contributed by atoms with Crippen LogP contribution in [0.1, 0.15) is 19.8 Å². The van der Waals surface area contributed by atoms with Crippen molar-refractivity contribution in [1.29, 1.82) is 0 Å². The van der Waals surface area contributed by atoms with E-state index in [4.69, 9.17) is 0 Å². The Balaban J connectivity index is 2.20. The lowest BCUT2D eigenvalue weighted by molar-refractivity contribution is 0.448. The van der Waals surface area contributed by atoms with Crippen molar-refractivity contribution >= 4 is 0 Å². The summed E-state index contributed by atoms with van der Waals surface area (Å²) in [7, 11) is 2.22. The van der Waals surface area contributed by atoms with Gasteiger partial charge in [-0.05, 0) is 26.8 Å². The molecule has 0 N–H and O–H groups in total. The first kappa shape index (κ1) is 3.90. The van der Waals surface area contributed by atoms with Crippen molar-refractivity contribution in [3.63, 3.8) is 0 Å². The number of hydrogen-bond donors (Lipinski definition) is 0. The van der Waals surface area contributed by atoms with E-state index in [1.807, 2.05) is 0 Å². The molecule has 1 heterocycles. The molecule has 1 nitrogen and oxygen atoms in total. The Kier molecular flexibility index (Phi) is 0.419. The molecule has 0 aromatic carbocycles. The molecule has 0 aromatic heterocycles. The highest BCUT2D eigenvalue weighted by Gasteiger charge is 2.62. The molecular weight excluding hydrogens is 86.1 g/mol. The summed E-state index contributed by atoms with van der Waals surface area (Å²) in [5.41, 5.74) is 0.681. The molecule has 7 heavy (non-hydrogen) atoms. The van der Waals surface area contributed by atoms with Gasteiger partial charge in [-0.2, -0.15) is 0 Å². The van der Waals surface area contributed by atoms with Crippen LogP contribution in [0.5, 0.6) is 0 Å². The van der Waals surface area contributed by atoms with E-state index in [0.29, 0.717) is 5.54 Å². The van der Waals surface area contributed by atoms with Crippen molar-refractivity contribution < 1.29 is 0 Å². The molecule has 2 aliphatic rings. The molecule has 1 saturated carbocycles. The third kappa shape index (κ3) is 0.235. The van der Waals surface area contributed by atoms with E-state index in [1.54, 1.807) is 0 Å². The first-order valence-electron chi connectivity index (χ1n) is 2.98. The van der Waals surface area contributed by atoms with E-state index in [2.05, 4.69) is 18.9 Å². The molecule has 0 bridgehead atoms. The van der Waals surface area contributed by atoms with Crippen LogP contribution in [0, 0.1) is 0 Å². The zero-order chi connectivity index (χ0) is 5.07. The van der Waals surface area contributed by atoms with Gasteiger partial charge in [0.05, 0.1) is 0 Å². The van der Waals surface area contributed by atoms with E-state index < -0.39 is 0 Å². The zero-order valence-corrected chi connectivity index (χ0v) is 4.94. The molecule has 3 atom stereocenters. The van der Waals surface area contributed by atoms with Crippen molar-refractivity contribution in [3.05, 3.63) is 0 Å². The minimum atomic E-state index is 0.681. The van der Waals surface area contributed by atoms with Gasteiger partial charge < -0.3 is 0 Å². The number of likely N-dealkylation sites (tertiary alicyclic amines) is 1. The van der Waals surface area contributed by atoms with Crippen LogP contribution in [0.15, 0.2) is 0 Å². The van der Waals surface area contributed by atoms with E-state index in [0.717, 1.165) is 6.04 Å². The summed E-state index contributed by atoms with van der Waals surface area (Å²) in [5, 5.41) is 0. The molecule has 0 amide bonds. The minimum absolute atomic E-state index is 0.681. The van der Waals surface area contributed by atoms with Crippen LogP contribution in [-0.4, -0.2) is 23.5 Å². The average molecular weight is 97.2 g/mol. The van der Waals surface area contributed by atoms with E-state index >= 15 is 0 Å². The molecule has 2 rings (SSSR count). The Bertz CT molecular complexity index is 105. The predicted octanol–water partition coefficient (Wildman–Crippen LogP) is 0.853. The van der Waals surface area contributed by atoms with Crippen molar-refractivity contribution in [1.82, 2.24) is 4.90 Å². The van der Waals surface area contributed by atoms with Gasteiger partial charge in [-0.1, -0.05) is 0 Å². The van der Waals surface area contributed by atoms with Crippen molar-refractivity contribution in [2.75, 3.05) is 7.05 Å². The predicted molar refractivity (Wildman–Crippen MR) is 29.2 cm³/mol. The van der Waals surface area contributed by atoms with Crippen LogP contribution < -0.4 is 0 Å². The van der Waals surface area contributed by atoms with Gasteiger partial charge >= 0.3 is 0 Å². The standard InChI is InChI=1S/C6H11N/c1-6-4-3-5(6)7(6)2/h5H,3-4H2,1-2H3. The van der Waals surface area contributed by atoms with Gasteiger partial charge in [-0.15, -0.1) is 0 Å². The summed E-state index contributed by atoms with van der Waals surface area (Å²) in [6, 6.07) is 0.979. The van der Waals surface area contributed by atoms with Gasteiger partial charge in [0.2, 0.25) is 0 Å². The van der Waals surface area contributed by atoms with Crippen molar-refractivity contribution in [2.24, 2.45) is 0 Å². The largest absolute Gasteiger partial charge is 0.295 e. The monoisotopic (exact) mass is 97.1 g/mol. The lowest BCUT2D eigenvalue weighted by Gasteiger charge is -2.15. The van der Waals surface area contributed by atoms with Crippen LogP contribution in [0.3, 0.4) is 0 Å². The molecule has 3 unspecified atom stereocenters. The Hall–Kier alpha value is -0.0400. The van der Waals surface area contributed by atoms with Crippen LogP contribution in [0.4, 0.5) is 0 Å². The Morgan fingerprint density at radius 2 is 2.29 bits per heavy atom. The fourth-order valence-corrected chi connectivity index (χ4v) is 1.75. The topological polar surface area (TPSA) is 3.01 Å². The maximum Gasteiger partial charge on any atom is 0.0338 e. The van der Waals surface area contributed by atoms with Crippen LogP contribution in [-0.2, 0) is 0 Å². The van der Waals surface area contributed by atoms with E-state index in [9.17, 15) is 0 Å². The number of hydrogen-bond acceptors (Lipinski definition) is 1. The quantitative estimate of drug-likeness (QED) is 0.405. The third-order valence-electron chi connectivity index (χ3n) is 2.85. The van der Waals surface area contributed by atoms with Crippen LogP contribution in [0.25, 0.3) is 0 Å². The fourth-order valence-electron chi connectivity index (χ4n) is 1.75. The summed E-state index contributed by atoms with van der Waals surface area (Å²) < 4.78 is 0. The van der Waals surface area contributed by atoms with Crippen LogP contribution >= 0.6 is 0 Å². The normalized spacial score (nSPS) is 66.0. The van der Waals surface area contributed by atoms with E-state index in [1.165, 1.54) is 12.8 Å². The maximum atomic E-state index is 2.47. The van der Waals surface area contributed by atoms with Gasteiger partial charge in [-0.3, -0.25) is 4.90 Å². The highest BCUT2D eigenvalue weighted by atomic mass is 15.4. The highest BCUT2D eigenvalue weighted by Crippen LogP contribution is 2.54. The van der Waals surface area contributed by atoms with E-state index in [-0.39, 0.29) is 0 Å². The molecule has 1 saturated heterocycles. The lowest BCUT2D eigenvalue weighted by Crippen LogP contribution is -2.20. The summed E-state index contributed by atoms with van der Waals surface area (Å²) in [5.74, 6) is 0. The van der Waals surface area contributed by atoms with Crippen molar-refractivity contribution in [2.45, 2.75) is 31.3 Å². The highest BCUT2D eigenvalue weighted by molar-refractivity contribution is 5.20. The Morgan fingerprint density at radius 3 is 2.29 bits per heavy atom. The van der Waals surface area contributed by atoms with Gasteiger partial charge in [0.15, 0.2) is 0 Å². The summed E-state index contributed by atoms with van der Waals surface area (Å²) >= 11 is 0. The van der Waals surface area contributed by atoms with Gasteiger partial charge in [0.25, 0.3) is 0 Å². The molecule has 0 spiro atoms. The zero-order valence-electron chi connectivity index (χ0n) is 4.94. The summed E-state index contributed by atoms with van der Waals surface area (Å²) in [6.07, 6.45) is 2.89. The fraction of sp³-hybridized carbons (Fsp3) is 1.00. The molecule has 1 heteroatoms. The molecular formula is C6H11N. The van der Waals surface area contributed by atoms with Gasteiger partial charge in [0, 0.05) is 11.6 Å². The number of fused-ring (bicyclic) bond motifs is 1. The van der Waals surface area contributed by atoms with Crippen molar-refractivity contribution in [3.8, 4) is 0 Å². The van der Waals surface area contributed by atoms with Crippen LogP contribution in [0.2, 0.25) is 0 Å². The number of rotatable bonds is 0. The summed E-state index contributed by atoms with van der Waals surface area (Å²) in [6.45, 7) is 2.35. The maximum absolute atomic E-state index is 2.47. The first-order chi connectivity index (χ1) is 3.25. The third-order valence-corrected chi connectivity index (χ3v) is 2.85. The Morgan fingerprint density at radius 1 is 1.71 bits per heavy atom. The second kappa shape index (κ2) is 0.752. The number of nitrogens with zero attached hydrogens (tertiary/aromatic N) is 1. The average Bonchev–Trinajstić information content (AvgIpc) is 1.86. The van der Waals surface area contributed by atoms with Gasteiger partial charge in [0.1, 0.15) is 0 Å². The summed E-state index contributed by atoms with van der Waals surface area (Å²) in [4.78, 5) is 2.47. The Labute approximate surface area is 44.3 Å². The first-order valence-corrected chi connectivity index (χ1v) is 2.98. The second-order valence-corrected chi connectivity index (χ2v) is 3.02. The SMILES string of the molecule is CN1C2CCC21C. The molecule has 0 aromatic rings. The molecule has 0 radical (unpaired) electrons. The minimum Gasteiger partial charge on any atom is -0.295 e.